The predicted octanol–water partition coefficient (Wildman–Crippen LogP) is 4.13. The van der Waals surface area contributed by atoms with Gasteiger partial charge in [-0.25, -0.2) is 4.39 Å². The molecule has 0 saturated carbocycles. The molecule has 0 aliphatic rings. The molecule has 2 rings (SSSR count). The quantitative estimate of drug-likeness (QED) is 0.631. The third-order valence-electron chi connectivity index (χ3n) is 1.96. The third-order valence-corrected chi connectivity index (χ3v) is 1.96. The van der Waals surface area contributed by atoms with Gasteiger partial charge >= 0.3 is 0 Å². The van der Waals surface area contributed by atoms with E-state index in [0.29, 0.717) is 5.56 Å². The van der Waals surface area contributed by atoms with E-state index < -0.39 is 0 Å². The molecule has 1 heteroatoms. The van der Waals surface area contributed by atoms with Crippen LogP contribution in [0.1, 0.15) is 7.43 Å². The van der Waals surface area contributed by atoms with E-state index in [1.807, 2.05) is 36.4 Å². The van der Waals surface area contributed by atoms with Gasteiger partial charge in [-0.15, -0.1) is 0 Å². The monoisotopic (exact) mass is 188 g/mol. The highest BCUT2D eigenvalue weighted by atomic mass is 19.1. The highest BCUT2D eigenvalue weighted by molar-refractivity contribution is 5.63. The SMILES string of the molecule is C.Fc1ccccc1-c1ccccc1. The van der Waals surface area contributed by atoms with E-state index in [4.69, 9.17) is 0 Å². The average Bonchev–Trinajstić information content (AvgIpc) is 2.20. The lowest BCUT2D eigenvalue weighted by molar-refractivity contribution is 0.631. The van der Waals surface area contributed by atoms with Crippen molar-refractivity contribution in [3.05, 3.63) is 60.4 Å². The van der Waals surface area contributed by atoms with Gasteiger partial charge in [0.1, 0.15) is 5.82 Å². The number of halogens is 1. The molecule has 72 valence electrons. The van der Waals surface area contributed by atoms with E-state index in [2.05, 4.69) is 0 Å². The fourth-order valence-electron chi connectivity index (χ4n) is 1.31. The number of benzene rings is 2. The minimum Gasteiger partial charge on any atom is -0.206 e. The Balaban J connectivity index is 0.000000980. The Morgan fingerprint density at radius 3 is 1.93 bits per heavy atom. The van der Waals surface area contributed by atoms with Crippen LogP contribution < -0.4 is 0 Å². The Hall–Kier alpha value is -1.63. The van der Waals surface area contributed by atoms with Gasteiger partial charge in [-0.2, -0.15) is 0 Å². The lowest BCUT2D eigenvalue weighted by Gasteiger charge is -2.01. The second-order valence-electron chi connectivity index (χ2n) is 2.85. The molecule has 0 amide bonds. The van der Waals surface area contributed by atoms with E-state index in [0.717, 1.165) is 5.56 Å². The van der Waals surface area contributed by atoms with Crippen LogP contribution in [0, 0.1) is 5.82 Å². The molecule has 0 aromatic heterocycles. The van der Waals surface area contributed by atoms with Crippen molar-refractivity contribution in [3.8, 4) is 11.1 Å². The predicted molar refractivity (Wildman–Crippen MR) is 58.6 cm³/mol. The molecule has 0 saturated heterocycles. The first-order valence-corrected chi connectivity index (χ1v) is 4.18. The highest BCUT2D eigenvalue weighted by Gasteiger charge is 2.01. The van der Waals surface area contributed by atoms with Crippen LogP contribution in [0.25, 0.3) is 11.1 Å². The van der Waals surface area contributed by atoms with E-state index in [-0.39, 0.29) is 13.2 Å². The van der Waals surface area contributed by atoms with Crippen molar-refractivity contribution in [2.75, 3.05) is 0 Å². The molecule has 0 unspecified atom stereocenters. The molecule has 0 spiro atoms. The molecule has 2 aromatic rings. The molecule has 0 bridgehead atoms. The van der Waals surface area contributed by atoms with Gasteiger partial charge in [0.25, 0.3) is 0 Å². The molecule has 0 fully saturated rings. The Morgan fingerprint density at radius 2 is 1.29 bits per heavy atom. The summed E-state index contributed by atoms with van der Waals surface area (Å²) in [4.78, 5) is 0. The second-order valence-corrected chi connectivity index (χ2v) is 2.85. The average molecular weight is 188 g/mol. The molecule has 0 aliphatic carbocycles. The van der Waals surface area contributed by atoms with Gasteiger partial charge in [0.05, 0.1) is 0 Å². The zero-order chi connectivity index (χ0) is 9.10. The van der Waals surface area contributed by atoms with Gasteiger partial charge in [-0.3, -0.25) is 0 Å². The summed E-state index contributed by atoms with van der Waals surface area (Å²) < 4.78 is 13.3. The van der Waals surface area contributed by atoms with E-state index in [1.54, 1.807) is 12.1 Å². The van der Waals surface area contributed by atoms with Gasteiger partial charge in [0, 0.05) is 5.56 Å². The highest BCUT2D eigenvalue weighted by Crippen LogP contribution is 2.21. The smallest absolute Gasteiger partial charge is 0.131 e. The molecule has 0 aliphatic heterocycles. The van der Waals surface area contributed by atoms with Crippen molar-refractivity contribution in [1.82, 2.24) is 0 Å². The molecular formula is C13H13F. The van der Waals surface area contributed by atoms with Gasteiger partial charge in [-0.1, -0.05) is 56.0 Å². The summed E-state index contributed by atoms with van der Waals surface area (Å²) >= 11 is 0. The molecule has 0 N–H and O–H groups in total. The van der Waals surface area contributed by atoms with Crippen molar-refractivity contribution in [3.63, 3.8) is 0 Å². The number of rotatable bonds is 1. The van der Waals surface area contributed by atoms with Crippen LogP contribution in [-0.4, -0.2) is 0 Å². The second kappa shape index (κ2) is 4.56. The summed E-state index contributed by atoms with van der Waals surface area (Å²) in [6, 6.07) is 16.3. The van der Waals surface area contributed by atoms with Crippen LogP contribution in [0.2, 0.25) is 0 Å². The van der Waals surface area contributed by atoms with E-state index in [1.165, 1.54) is 6.07 Å². The fraction of sp³-hybridized carbons (Fsp3) is 0.0769. The summed E-state index contributed by atoms with van der Waals surface area (Å²) in [5, 5.41) is 0. The van der Waals surface area contributed by atoms with Crippen molar-refractivity contribution in [2.24, 2.45) is 0 Å². The molecule has 0 atom stereocenters. The zero-order valence-corrected chi connectivity index (χ0v) is 7.07. The molecular weight excluding hydrogens is 175 g/mol. The van der Waals surface area contributed by atoms with Crippen LogP contribution in [0.15, 0.2) is 54.6 Å². The summed E-state index contributed by atoms with van der Waals surface area (Å²) in [5.41, 5.74) is 1.57. The molecule has 0 nitrogen and oxygen atoms in total. The Bertz CT molecular complexity index is 393. The first-order chi connectivity index (χ1) is 6.38. The first-order valence-electron chi connectivity index (χ1n) is 4.18. The van der Waals surface area contributed by atoms with Crippen molar-refractivity contribution >= 4 is 0 Å². The molecule has 0 radical (unpaired) electrons. The van der Waals surface area contributed by atoms with Gasteiger partial charge in [0.15, 0.2) is 0 Å². The van der Waals surface area contributed by atoms with Crippen LogP contribution in [0.3, 0.4) is 0 Å². The summed E-state index contributed by atoms with van der Waals surface area (Å²) in [6.07, 6.45) is 0. The van der Waals surface area contributed by atoms with Gasteiger partial charge in [-0.05, 0) is 11.6 Å². The normalized spacial score (nSPS) is 9.21. The Kier molecular flexibility index (Phi) is 3.41. The molecule has 14 heavy (non-hydrogen) atoms. The van der Waals surface area contributed by atoms with Gasteiger partial charge in [0.2, 0.25) is 0 Å². The van der Waals surface area contributed by atoms with Crippen molar-refractivity contribution in [2.45, 2.75) is 7.43 Å². The van der Waals surface area contributed by atoms with Crippen molar-refractivity contribution in [1.29, 1.82) is 0 Å². The fourth-order valence-corrected chi connectivity index (χ4v) is 1.31. The lowest BCUT2D eigenvalue weighted by atomic mass is 10.1. The zero-order valence-electron chi connectivity index (χ0n) is 7.07. The van der Waals surface area contributed by atoms with Crippen LogP contribution >= 0.6 is 0 Å². The number of hydrogen-bond donors (Lipinski definition) is 0. The maximum absolute atomic E-state index is 13.3. The van der Waals surface area contributed by atoms with Crippen molar-refractivity contribution < 1.29 is 4.39 Å². The van der Waals surface area contributed by atoms with Crippen LogP contribution in [0.5, 0.6) is 0 Å². The standard InChI is InChI=1S/C12H9F.CH4/c13-12-9-5-4-8-11(12)10-6-2-1-3-7-10;/h1-9H;1H4. The summed E-state index contributed by atoms with van der Waals surface area (Å²) in [6.45, 7) is 0. The summed E-state index contributed by atoms with van der Waals surface area (Å²) in [7, 11) is 0. The molecule has 2 aromatic carbocycles. The Morgan fingerprint density at radius 1 is 0.714 bits per heavy atom. The summed E-state index contributed by atoms with van der Waals surface area (Å²) in [5.74, 6) is -0.172. The lowest BCUT2D eigenvalue weighted by Crippen LogP contribution is -1.81. The topological polar surface area (TPSA) is 0 Å². The van der Waals surface area contributed by atoms with Crippen LogP contribution in [0.4, 0.5) is 4.39 Å². The first kappa shape index (κ1) is 10.5. The van der Waals surface area contributed by atoms with E-state index >= 15 is 0 Å². The molecule has 0 heterocycles. The number of hydrogen-bond acceptors (Lipinski definition) is 0. The minimum atomic E-state index is -0.172. The maximum atomic E-state index is 13.3. The maximum Gasteiger partial charge on any atom is 0.131 e. The third kappa shape index (κ3) is 1.99. The largest absolute Gasteiger partial charge is 0.206 e. The Labute approximate surface area is 84.0 Å². The minimum absolute atomic E-state index is 0. The van der Waals surface area contributed by atoms with E-state index in [9.17, 15) is 4.39 Å². The van der Waals surface area contributed by atoms with Crippen LogP contribution in [-0.2, 0) is 0 Å². The van der Waals surface area contributed by atoms with Gasteiger partial charge < -0.3 is 0 Å².